The second-order valence-electron chi connectivity index (χ2n) is 5.90. The third-order valence-corrected chi connectivity index (χ3v) is 4.06. The van der Waals surface area contributed by atoms with Gasteiger partial charge in [0.05, 0.1) is 0 Å². The Kier molecular flexibility index (Phi) is 5.12. The number of phenolic OH excluding ortho intramolecular Hbond substituents is 3. The van der Waals surface area contributed by atoms with Gasteiger partial charge in [-0.05, 0) is 29.0 Å². The van der Waals surface area contributed by atoms with Gasteiger partial charge in [0.1, 0.15) is 0 Å². The molecule has 3 rings (SSSR count). The van der Waals surface area contributed by atoms with E-state index in [1.54, 1.807) is 6.07 Å². The van der Waals surface area contributed by atoms with Gasteiger partial charge in [-0.1, -0.05) is 36.4 Å². The van der Waals surface area contributed by atoms with Crippen LogP contribution in [0.1, 0.15) is 20.7 Å². The molecule has 0 unspecified atom stereocenters. The number of benzene rings is 3. The van der Waals surface area contributed by atoms with Gasteiger partial charge in [0.25, 0.3) is 11.8 Å². The van der Waals surface area contributed by atoms with Gasteiger partial charge in [0.2, 0.25) is 0 Å². The van der Waals surface area contributed by atoms with Crippen LogP contribution >= 0.6 is 0 Å². The fourth-order valence-corrected chi connectivity index (χ4v) is 2.71. The normalized spacial score (nSPS) is 10.5. The van der Waals surface area contributed by atoms with Crippen molar-refractivity contribution in [2.75, 3.05) is 13.1 Å². The van der Waals surface area contributed by atoms with E-state index in [-0.39, 0.29) is 24.6 Å². The number of rotatable bonds is 5. The molecule has 7 heteroatoms. The monoisotopic (exact) mass is 366 g/mol. The molecule has 27 heavy (non-hydrogen) atoms. The van der Waals surface area contributed by atoms with Gasteiger partial charge in [-0.15, -0.1) is 0 Å². The lowest BCUT2D eigenvalue weighted by atomic mass is 10.0. The van der Waals surface area contributed by atoms with Crippen LogP contribution in [0.4, 0.5) is 0 Å². The molecule has 0 aromatic heterocycles. The van der Waals surface area contributed by atoms with Gasteiger partial charge in [0.15, 0.2) is 17.2 Å². The van der Waals surface area contributed by atoms with E-state index in [9.17, 15) is 24.9 Å². The zero-order chi connectivity index (χ0) is 19.4. The molecule has 0 heterocycles. The minimum Gasteiger partial charge on any atom is -0.504 e. The molecular weight excluding hydrogens is 348 g/mol. The van der Waals surface area contributed by atoms with Gasteiger partial charge in [0, 0.05) is 24.2 Å². The maximum absolute atomic E-state index is 12.4. The van der Waals surface area contributed by atoms with Crippen LogP contribution in [0, 0.1) is 0 Å². The summed E-state index contributed by atoms with van der Waals surface area (Å²) in [4.78, 5) is 24.4. The average molecular weight is 366 g/mol. The SMILES string of the molecule is O=C(NCCNC(=O)c1cccc2ccccc12)c1cc(O)c(O)c(O)c1. The summed E-state index contributed by atoms with van der Waals surface area (Å²) in [5, 5.41) is 35.3. The van der Waals surface area contributed by atoms with Crippen LogP contribution in [0.25, 0.3) is 10.8 Å². The standard InChI is InChI=1S/C20H18N2O5/c23-16-10-13(11-17(24)18(16)25)19(26)21-8-9-22-20(27)15-7-3-5-12-4-1-2-6-14(12)15/h1-7,10-11,23-25H,8-9H2,(H,21,26)(H,22,27). The number of nitrogens with one attached hydrogen (secondary N) is 2. The van der Waals surface area contributed by atoms with E-state index in [4.69, 9.17) is 0 Å². The maximum Gasteiger partial charge on any atom is 0.251 e. The maximum atomic E-state index is 12.4. The molecule has 5 N–H and O–H groups in total. The number of carbonyl (C=O) groups is 2. The largest absolute Gasteiger partial charge is 0.504 e. The highest BCUT2D eigenvalue weighted by Gasteiger charge is 2.13. The Morgan fingerprint density at radius 1 is 0.778 bits per heavy atom. The third kappa shape index (κ3) is 3.92. The molecule has 0 fully saturated rings. The zero-order valence-electron chi connectivity index (χ0n) is 14.3. The second kappa shape index (κ2) is 7.65. The van der Waals surface area contributed by atoms with Gasteiger partial charge >= 0.3 is 0 Å². The lowest BCUT2D eigenvalue weighted by Gasteiger charge is -2.10. The van der Waals surface area contributed by atoms with Crippen LogP contribution in [0.2, 0.25) is 0 Å². The zero-order valence-corrected chi connectivity index (χ0v) is 14.3. The van der Waals surface area contributed by atoms with Gasteiger partial charge in [-0.3, -0.25) is 9.59 Å². The van der Waals surface area contributed by atoms with Gasteiger partial charge in [-0.2, -0.15) is 0 Å². The van der Waals surface area contributed by atoms with Crippen LogP contribution < -0.4 is 10.6 Å². The number of amides is 2. The van der Waals surface area contributed by atoms with Crippen molar-refractivity contribution in [3.63, 3.8) is 0 Å². The first-order chi connectivity index (χ1) is 13.0. The summed E-state index contributed by atoms with van der Waals surface area (Å²) in [6.45, 7) is 0.349. The van der Waals surface area contributed by atoms with E-state index >= 15 is 0 Å². The highest BCUT2D eigenvalue weighted by atomic mass is 16.3. The molecule has 7 nitrogen and oxygen atoms in total. The molecule has 0 saturated heterocycles. The summed E-state index contributed by atoms with van der Waals surface area (Å²) in [6.07, 6.45) is 0. The summed E-state index contributed by atoms with van der Waals surface area (Å²) in [7, 11) is 0. The summed E-state index contributed by atoms with van der Waals surface area (Å²) < 4.78 is 0. The Labute approximate surface area is 154 Å². The van der Waals surface area contributed by atoms with Crippen LogP contribution in [-0.2, 0) is 0 Å². The van der Waals surface area contributed by atoms with E-state index in [0.717, 1.165) is 22.9 Å². The van der Waals surface area contributed by atoms with Gasteiger partial charge in [-0.25, -0.2) is 0 Å². The highest BCUT2D eigenvalue weighted by Crippen LogP contribution is 2.35. The number of hydrogen-bond acceptors (Lipinski definition) is 5. The van der Waals surface area contributed by atoms with Crippen LogP contribution in [0.15, 0.2) is 54.6 Å². The second-order valence-corrected chi connectivity index (χ2v) is 5.90. The molecule has 138 valence electrons. The topological polar surface area (TPSA) is 119 Å². The highest BCUT2D eigenvalue weighted by molar-refractivity contribution is 6.07. The third-order valence-electron chi connectivity index (χ3n) is 4.06. The van der Waals surface area contributed by atoms with Crippen LogP contribution in [0.3, 0.4) is 0 Å². The average Bonchev–Trinajstić information content (AvgIpc) is 2.68. The molecule has 0 radical (unpaired) electrons. The fourth-order valence-electron chi connectivity index (χ4n) is 2.71. The number of hydrogen-bond donors (Lipinski definition) is 5. The fraction of sp³-hybridized carbons (Fsp3) is 0.100. The summed E-state index contributed by atoms with van der Waals surface area (Å²) in [5.74, 6) is -2.68. The molecule has 0 bridgehead atoms. The van der Waals surface area contributed by atoms with Crippen molar-refractivity contribution < 1.29 is 24.9 Å². The van der Waals surface area contributed by atoms with Crippen LogP contribution in [0.5, 0.6) is 17.2 Å². The lowest BCUT2D eigenvalue weighted by Crippen LogP contribution is -2.34. The molecule has 0 saturated carbocycles. The van der Waals surface area contributed by atoms with Crippen LogP contribution in [-0.4, -0.2) is 40.2 Å². The van der Waals surface area contributed by atoms with Crippen molar-refractivity contribution in [2.24, 2.45) is 0 Å². The Balaban J connectivity index is 1.57. The summed E-state index contributed by atoms with van der Waals surface area (Å²) in [6, 6.07) is 15.1. The molecule has 0 aliphatic rings. The minimum absolute atomic E-state index is 0.0109. The lowest BCUT2D eigenvalue weighted by molar-refractivity contribution is 0.0928. The van der Waals surface area contributed by atoms with Crippen molar-refractivity contribution in [1.29, 1.82) is 0 Å². The van der Waals surface area contributed by atoms with Crippen molar-refractivity contribution in [3.8, 4) is 17.2 Å². The Bertz CT molecular complexity index is 988. The van der Waals surface area contributed by atoms with Crippen molar-refractivity contribution in [1.82, 2.24) is 10.6 Å². The molecule has 2 amide bonds. The first kappa shape index (κ1) is 18.1. The molecular formula is C20H18N2O5. The molecule has 3 aromatic rings. The quantitative estimate of drug-likeness (QED) is 0.350. The first-order valence-electron chi connectivity index (χ1n) is 8.26. The number of fused-ring (bicyclic) bond motifs is 1. The predicted molar refractivity (Wildman–Crippen MR) is 100 cm³/mol. The summed E-state index contributed by atoms with van der Waals surface area (Å²) in [5.41, 5.74) is 0.538. The number of carbonyl (C=O) groups excluding carboxylic acids is 2. The van der Waals surface area contributed by atoms with Crippen molar-refractivity contribution >= 4 is 22.6 Å². The van der Waals surface area contributed by atoms with E-state index in [1.807, 2.05) is 36.4 Å². The Morgan fingerprint density at radius 2 is 1.37 bits per heavy atom. The first-order valence-corrected chi connectivity index (χ1v) is 8.26. The van der Waals surface area contributed by atoms with E-state index in [0.29, 0.717) is 5.56 Å². The Hall–Kier alpha value is -3.74. The molecule has 0 atom stereocenters. The number of aromatic hydroxyl groups is 3. The van der Waals surface area contributed by atoms with Gasteiger partial charge < -0.3 is 26.0 Å². The smallest absolute Gasteiger partial charge is 0.251 e. The van der Waals surface area contributed by atoms with Crippen molar-refractivity contribution in [2.45, 2.75) is 0 Å². The molecule has 0 spiro atoms. The molecule has 0 aliphatic carbocycles. The predicted octanol–water partition coefficient (Wildman–Crippen LogP) is 2.12. The van der Waals surface area contributed by atoms with Crippen molar-refractivity contribution in [3.05, 3.63) is 65.7 Å². The van der Waals surface area contributed by atoms with E-state index in [2.05, 4.69) is 10.6 Å². The Morgan fingerprint density at radius 3 is 2.07 bits per heavy atom. The molecule has 3 aromatic carbocycles. The number of phenols is 3. The van der Waals surface area contributed by atoms with E-state index < -0.39 is 23.2 Å². The minimum atomic E-state index is -0.686. The summed E-state index contributed by atoms with van der Waals surface area (Å²) >= 11 is 0. The van der Waals surface area contributed by atoms with E-state index in [1.165, 1.54) is 0 Å². The molecule has 0 aliphatic heterocycles.